The van der Waals surface area contributed by atoms with E-state index in [2.05, 4.69) is 5.10 Å². The number of carbonyl (C=O) groups is 2. The number of aliphatic carboxylic acids is 1. The molecular weight excluding hydrogens is 472 g/mol. The molecular formula is C30H25ClN2O3. The van der Waals surface area contributed by atoms with E-state index in [1.54, 1.807) is 24.3 Å². The van der Waals surface area contributed by atoms with Crippen LogP contribution in [-0.4, -0.2) is 26.8 Å². The van der Waals surface area contributed by atoms with E-state index in [0.717, 1.165) is 22.3 Å². The minimum atomic E-state index is -1.73. The van der Waals surface area contributed by atoms with E-state index in [1.807, 2.05) is 79.7 Å². The molecule has 1 aliphatic carbocycles. The summed E-state index contributed by atoms with van der Waals surface area (Å²) < 4.78 is 1.29. The molecule has 3 aromatic carbocycles. The van der Waals surface area contributed by atoms with E-state index < -0.39 is 23.2 Å². The van der Waals surface area contributed by atoms with Gasteiger partial charge >= 0.3 is 5.97 Å². The van der Waals surface area contributed by atoms with Crippen molar-refractivity contribution in [3.8, 4) is 22.5 Å². The molecule has 0 amide bonds. The van der Waals surface area contributed by atoms with Gasteiger partial charge in [-0.2, -0.15) is 9.78 Å². The van der Waals surface area contributed by atoms with Gasteiger partial charge in [0.1, 0.15) is 0 Å². The Morgan fingerprint density at radius 2 is 1.56 bits per heavy atom. The summed E-state index contributed by atoms with van der Waals surface area (Å²) in [6, 6.07) is 27.9. The molecule has 0 unspecified atom stereocenters. The molecule has 1 aromatic heterocycles. The van der Waals surface area contributed by atoms with Crippen LogP contribution in [0.2, 0.25) is 5.02 Å². The third-order valence-electron chi connectivity index (χ3n) is 6.93. The van der Waals surface area contributed by atoms with Crippen LogP contribution >= 0.6 is 11.6 Å². The molecule has 5 rings (SSSR count). The molecule has 0 fully saturated rings. The highest BCUT2D eigenvalue weighted by Gasteiger charge is 2.55. The Kier molecular flexibility index (Phi) is 6.33. The van der Waals surface area contributed by atoms with Gasteiger partial charge in [-0.25, -0.2) is 0 Å². The van der Waals surface area contributed by atoms with Crippen molar-refractivity contribution >= 4 is 23.5 Å². The third-order valence-corrected chi connectivity index (χ3v) is 7.18. The average Bonchev–Trinajstić information content (AvgIpc) is 3.35. The van der Waals surface area contributed by atoms with Crippen molar-refractivity contribution < 1.29 is 14.7 Å². The molecule has 0 bridgehead atoms. The molecule has 1 aliphatic rings. The largest absolute Gasteiger partial charge is 0.480 e. The quantitative estimate of drug-likeness (QED) is 0.236. The van der Waals surface area contributed by atoms with Crippen LogP contribution in [0.25, 0.3) is 22.5 Å². The monoisotopic (exact) mass is 496 g/mol. The van der Waals surface area contributed by atoms with Crippen molar-refractivity contribution in [1.82, 2.24) is 9.78 Å². The first-order valence-electron chi connectivity index (χ1n) is 11.8. The predicted octanol–water partition coefficient (Wildman–Crippen LogP) is 7.11. The third kappa shape index (κ3) is 4.16. The molecule has 0 saturated carbocycles. The van der Waals surface area contributed by atoms with Gasteiger partial charge in [0.25, 0.3) is 5.91 Å². The molecule has 0 saturated heterocycles. The molecule has 0 spiro atoms. The Balaban J connectivity index is 1.71. The minimum Gasteiger partial charge on any atom is -0.480 e. The maximum Gasteiger partial charge on any atom is 0.320 e. The number of aromatic nitrogens is 2. The molecule has 1 heterocycles. The minimum absolute atomic E-state index is 0.172. The van der Waals surface area contributed by atoms with Crippen LogP contribution < -0.4 is 0 Å². The fraction of sp³-hybridized carbons (Fsp3) is 0.167. The Morgan fingerprint density at radius 3 is 2.17 bits per heavy atom. The first-order chi connectivity index (χ1) is 17.4. The summed E-state index contributed by atoms with van der Waals surface area (Å²) in [6.45, 7) is 1.97. The number of carboxylic acid groups (broad SMARTS) is 1. The standard InChI is InChI=1S/C30H25ClN2O3/c1-20-16-17-30(29(35)36,25(18-20)21-12-14-24(31)15-13-21)28(34)33-27(23-10-6-3-7-11-23)19-26(32-33)22-8-4-2-5-9-22/h2-15,18-19,25H,16-17H2,1H3,(H,35,36)/t25-,30-/m0/s1. The first-order valence-corrected chi connectivity index (χ1v) is 12.2. The second-order valence-electron chi connectivity index (χ2n) is 9.18. The van der Waals surface area contributed by atoms with Gasteiger partial charge in [-0.1, -0.05) is 96.0 Å². The zero-order valence-electron chi connectivity index (χ0n) is 19.8. The van der Waals surface area contributed by atoms with Crippen molar-refractivity contribution in [2.45, 2.75) is 25.7 Å². The number of benzene rings is 3. The summed E-state index contributed by atoms with van der Waals surface area (Å²) >= 11 is 6.11. The van der Waals surface area contributed by atoms with Crippen LogP contribution in [0.5, 0.6) is 0 Å². The van der Waals surface area contributed by atoms with Gasteiger partial charge in [-0.3, -0.25) is 9.59 Å². The van der Waals surface area contributed by atoms with E-state index >= 15 is 0 Å². The lowest BCUT2D eigenvalue weighted by Crippen LogP contribution is -2.48. The molecule has 6 heteroatoms. The Morgan fingerprint density at radius 1 is 0.944 bits per heavy atom. The van der Waals surface area contributed by atoms with Crippen LogP contribution in [0, 0.1) is 5.41 Å². The summed E-state index contributed by atoms with van der Waals surface area (Å²) in [5.74, 6) is -2.38. The van der Waals surface area contributed by atoms with Gasteiger partial charge in [0.05, 0.1) is 11.4 Å². The number of carbonyl (C=O) groups excluding carboxylic acids is 1. The zero-order valence-corrected chi connectivity index (χ0v) is 20.5. The molecule has 2 atom stereocenters. The summed E-state index contributed by atoms with van der Waals surface area (Å²) in [5, 5.41) is 15.9. The normalized spacial score (nSPS) is 19.5. The van der Waals surface area contributed by atoms with Crippen LogP contribution in [0.15, 0.2) is 103 Å². The molecule has 180 valence electrons. The molecule has 4 aromatic rings. The molecule has 0 radical (unpaired) electrons. The van der Waals surface area contributed by atoms with E-state index in [4.69, 9.17) is 11.6 Å². The fourth-order valence-corrected chi connectivity index (χ4v) is 5.10. The van der Waals surface area contributed by atoms with E-state index in [1.165, 1.54) is 4.68 Å². The van der Waals surface area contributed by atoms with Gasteiger partial charge in [0.15, 0.2) is 5.41 Å². The van der Waals surface area contributed by atoms with Crippen molar-refractivity contribution in [3.05, 3.63) is 113 Å². The van der Waals surface area contributed by atoms with Gasteiger partial charge in [-0.15, -0.1) is 0 Å². The molecule has 36 heavy (non-hydrogen) atoms. The van der Waals surface area contributed by atoms with Crippen molar-refractivity contribution in [1.29, 1.82) is 0 Å². The van der Waals surface area contributed by atoms with Gasteiger partial charge in [0.2, 0.25) is 0 Å². The lowest BCUT2D eigenvalue weighted by atomic mass is 9.64. The first kappa shape index (κ1) is 23.8. The number of nitrogens with zero attached hydrogens (tertiary/aromatic N) is 2. The van der Waals surface area contributed by atoms with Crippen LogP contribution in [0.1, 0.15) is 36.0 Å². The molecule has 5 nitrogen and oxygen atoms in total. The maximum absolute atomic E-state index is 14.4. The van der Waals surface area contributed by atoms with E-state index in [-0.39, 0.29) is 6.42 Å². The lowest BCUT2D eigenvalue weighted by molar-refractivity contribution is -0.147. The van der Waals surface area contributed by atoms with Crippen molar-refractivity contribution in [3.63, 3.8) is 0 Å². The number of hydrogen-bond donors (Lipinski definition) is 1. The summed E-state index contributed by atoms with van der Waals surface area (Å²) in [4.78, 5) is 27.5. The number of allylic oxidation sites excluding steroid dienone is 2. The van der Waals surface area contributed by atoms with E-state index in [9.17, 15) is 14.7 Å². The second kappa shape index (κ2) is 9.59. The zero-order chi connectivity index (χ0) is 25.3. The van der Waals surface area contributed by atoms with Gasteiger partial charge in [-0.05, 0) is 43.5 Å². The Bertz CT molecular complexity index is 1440. The highest BCUT2D eigenvalue weighted by atomic mass is 35.5. The van der Waals surface area contributed by atoms with E-state index in [0.29, 0.717) is 22.8 Å². The molecule has 1 N–H and O–H groups in total. The molecule has 0 aliphatic heterocycles. The Hall–Kier alpha value is -3.96. The topological polar surface area (TPSA) is 72.2 Å². The van der Waals surface area contributed by atoms with Crippen molar-refractivity contribution in [2.24, 2.45) is 5.41 Å². The SMILES string of the molecule is CC1=C[C@@H](c2ccc(Cl)cc2)[C@](C(=O)O)(C(=O)n2nc(-c3ccccc3)cc2-c2ccccc2)CC1. The predicted molar refractivity (Wildman–Crippen MR) is 141 cm³/mol. The summed E-state index contributed by atoms with van der Waals surface area (Å²) in [6.07, 6.45) is 2.59. The summed E-state index contributed by atoms with van der Waals surface area (Å²) in [5.41, 5.74) is 2.84. The second-order valence-corrected chi connectivity index (χ2v) is 9.62. The Labute approximate surface area is 214 Å². The van der Waals surface area contributed by atoms with Gasteiger partial charge in [0, 0.05) is 22.1 Å². The summed E-state index contributed by atoms with van der Waals surface area (Å²) in [7, 11) is 0. The van der Waals surface area contributed by atoms with Crippen LogP contribution in [0.4, 0.5) is 0 Å². The average molecular weight is 497 g/mol. The highest BCUT2D eigenvalue weighted by Crippen LogP contribution is 2.48. The highest BCUT2D eigenvalue weighted by molar-refractivity contribution is 6.30. The number of rotatable bonds is 5. The smallest absolute Gasteiger partial charge is 0.320 e. The maximum atomic E-state index is 14.4. The van der Waals surface area contributed by atoms with Crippen LogP contribution in [-0.2, 0) is 4.79 Å². The number of carboxylic acids is 1. The van der Waals surface area contributed by atoms with Gasteiger partial charge < -0.3 is 5.11 Å². The lowest BCUT2D eigenvalue weighted by Gasteiger charge is -2.38. The fourth-order valence-electron chi connectivity index (χ4n) is 4.97. The number of hydrogen-bond acceptors (Lipinski definition) is 3. The van der Waals surface area contributed by atoms with Crippen LogP contribution in [0.3, 0.4) is 0 Å². The number of halogens is 1. The van der Waals surface area contributed by atoms with Crippen molar-refractivity contribution in [2.75, 3.05) is 0 Å².